The van der Waals surface area contributed by atoms with Gasteiger partial charge in [-0.2, -0.15) is 4.98 Å². The van der Waals surface area contributed by atoms with Gasteiger partial charge in [0.15, 0.2) is 5.65 Å². The zero-order chi connectivity index (χ0) is 25.8. The summed E-state index contributed by atoms with van der Waals surface area (Å²) in [6, 6.07) is 8.55. The molecule has 5 rings (SSSR count). The molecule has 1 amide bonds. The smallest absolute Gasteiger partial charge is 0.410 e. The maximum atomic E-state index is 13.3. The molecule has 1 N–H and O–H groups in total. The molecular formula is C25H30ClN5O4S. The Balaban J connectivity index is 1.40. The van der Waals surface area contributed by atoms with Gasteiger partial charge in [0, 0.05) is 24.3 Å². The highest BCUT2D eigenvalue weighted by molar-refractivity contribution is 7.90. The Bertz CT molecular complexity index is 1400. The van der Waals surface area contributed by atoms with E-state index in [1.807, 2.05) is 32.6 Å². The fraction of sp³-hybridized carbons (Fsp3) is 0.480. The standard InChI is InChI=1S/C25H30ClN5O4S/c1-15-5-9-19(10-6-15)36(33,34)30-12-11-20-21(28-23(26)29-22(20)30)27-16-13-17-7-8-18(14-16)31(17)24(32)35-25(2,3)4/h5-6,9-12,16-18H,7-8,13-14H2,1-4H3,(H,27,28,29)/t16?,17-,18+. The molecule has 11 heteroatoms. The number of benzene rings is 1. The molecule has 9 nitrogen and oxygen atoms in total. The number of aryl methyl sites for hydroxylation is 1. The number of nitrogens with one attached hydrogen (secondary N) is 1. The van der Waals surface area contributed by atoms with E-state index in [4.69, 9.17) is 16.3 Å². The van der Waals surface area contributed by atoms with Crippen LogP contribution in [0.4, 0.5) is 10.6 Å². The Kier molecular flexibility index (Phi) is 6.15. The lowest BCUT2D eigenvalue weighted by atomic mass is 9.97. The van der Waals surface area contributed by atoms with Crippen molar-refractivity contribution in [3.8, 4) is 0 Å². The van der Waals surface area contributed by atoms with E-state index in [9.17, 15) is 13.2 Å². The lowest BCUT2D eigenvalue weighted by molar-refractivity contribution is 0.00683. The molecule has 0 saturated carbocycles. The van der Waals surface area contributed by atoms with E-state index in [0.29, 0.717) is 11.2 Å². The molecule has 2 aliphatic heterocycles. The number of hydrogen-bond acceptors (Lipinski definition) is 7. The van der Waals surface area contributed by atoms with Crippen molar-refractivity contribution in [3.05, 3.63) is 47.4 Å². The average molecular weight is 532 g/mol. The topological polar surface area (TPSA) is 106 Å². The monoisotopic (exact) mass is 531 g/mol. The maximum absolute atomic E-state index is 13.3. The van der Waals surface area contributed by atoms with Crippen LogP contribution in [0.3, 0.4) is 0 Å². The predicted molar refractivity (Wildman–Crippen MR) is 138 cm³/mol. The normalized spacial score (nSPS) is 22.1. The summed E-state index contributed by atoms with van der Waals surface area (Å²) in [6.07, 6.45) is 4.53. The molecule has 2 saturated heterocycles. The molecule has 2 bridgehead atoms. The van der Waals surface area contributed by atoms with Crippen LogP contribution < -0.4 is 5.32 Å². The summed E-state index contributed by atoms with van der Waals surface area (Å²) < 4.78 is 33.4. The molecule has 2 aromatic heterocycles. The van der Waals surface area contributed by atoms with Crippen LogP contribution >= 0.6 is 11.6 Å². The molecule has 0 radical (unpaired) electrons. The summed E-state index contributed by atoms with van der Waals surface area (Å²) in [5.74, 6) is 0.484. The van der Waals surface area contributed by atoms with E-state index in [2.05, 4.69) is 15.3 Å². The van der Waals surface area contributed by atoms with E-state index >= 15 is 0 Å². The number of carbonyl (C=O) groups is 1. The first-order valence-corrected chi connectivity index (χ1v) is 13.9. The van der Waals surface area contributed by atoms with E-state index < -0.39 is 15.6 Å². The van der Waals surface area contributed by atoms with Crippen molar-refractivity contribution in [2.24, 2.45) is 0 Å². The Morgan fingerprint density at radius 2 is 1.72 bits per heavy atom. The van der Waals surface area contributed by atoms with Gasteiger partial charge in [-0.15, -0.1) is 0 Å². The van der Waals surface area contributed by atoms with Crippen LogP contribution in [-0.2, 0) is 14.8 Å². The van der Waals surface area contributed by atoms with Gasteiger partial charge in [-0.25, -0.2) is 22.2 Å². The number of amides is 1. The molecule has 1 unspecified atom stereocenters. The molecule has 0 spiro atoms. The molecule has 0 aliphatic carbocycles. The van der Waals surface area contributed by atoms with E-state index in [0.717, 1.165) is 35.2 Å². The molecule has 2 aliphatic rings. The number of carbonyl (C=O) groups excluding carboxylic acids is 1. The van der Waals surface area contributed by atoms with Crippen molar-refractivity contribution < 1.29 is 17.9 Å². The van der Waals surface area contributed by atoms with Crippen molar-refractivity contribution in [1.29, 1.82) is 0 Å². The zero-order valence-electron chi connectivity index (χ0n) is 20.7. The van der Waals surface area contributed by atoms with Gasteiger partial charge in [-0.05, 0) is 83.2 Å². The lowest BCUT2D eigenvalue weighted by Gasteiger charge is -2.39. The molecule has 3 atom stereocenters. The van der Waals surface area contributed by atoms with Crippen LogP contribution in [0.5, 0.6) is 0 Å². The van der Waals surface area contributed by atoms with Gasteiger partial charge in [0.05, 0.1) is 10.3 Å². The number of aromatic nitrogens is 3. The van der Waals surface area contributed by atoms with Crippen molar-refractivity contribution in [2.45, 2.75) is 82.0 Å². The Hall–Kier alpha value is -2.85. The summed E-state index contributed by atoms with van der Waals surface area (Å²) in [5, 5.41) is 3.99. The fourth-order valence-corrected chi connectivity index (χ4v) is 6.65. The Labute approximate surface area is 215 Å². The molecule has 36 heavy (non-hydrogen) atoms. The second-order valence-corrected chi connectivity index (χ2v) is 12.7. The van der Waals surface area contributed by atoms with Crippen LogP contribution in [0, 0.1) is 6.92 Å². The first kappa shape index (κ1) is 24.8. The number of halogens is 1. The van der Waals surface area contributed by atoms with Gasteiger partial charge in [-0.1, -0.05) is 17.7 Å². The second kappa shape index (κ2) is 8.92. The predicted octanol–water partition coefficient (Wildman–Crippen LogP) is 4.97. The van der Waals surface area contributed by atoms with Crippen LogP contribution in [0.25, 0.3) is 11.0 Å². The largest absolute Gasteiger partial charge is 0.444 e. The highest BCUT2D eigenvalue weighted by atomic mass is 35.5. The molecule has 192 valence electrons. The minimum absolute atomic E-state index is 0.0433. The van der Waals surface area contributed by atoms with Gasteiger partial charge < -0.3 is 15.0 Å². The molecule has 1 aromatic carbocycles. The highest BCUT2D eigenvalue weighted by Gasteiger charge is 2.45. The van der Waals surface area contributed by atoms with Crippen molar-refractivity contribution >= 4 is 44.6 Å². The van der Waals surface area contributed by atoms with E-state index in [-0.39, 0.29) is 40.0 Å². The third kappa shape index (κ3) is 4.64. The van der Waals surface area contributed by atoms with Gasteiger partial charge >= 0.3 is 6.09 Å². The Morgan fingerprint density at radius 1 is 1.08 bits per heavy atom. The quantitative estimate of drug-likeness (QED) is 0.473. The summed E-state index contributed by atoms with van der Waals surface area (Å²) >= 11 is 6.24. The molecule has 2 fully saturated rings. The minimum Gasteiger partial charge on any atom is -0.444 e. The maximum Gasteiger partial charge on any atom is 0.410 e. The number of fused-ring (bicyclic) bond motifs is 3. The zero-order valence-corrected chi connectivity index (χ0v) is 22.3. The van der Waals surface area contributed by atoms with Crippen LogP contribution in [0.15, 0.2) is 41.4 Å². The number of anilines is 1. The third-order valence-corrected chi connectivity index (χ3v) is 8.59. The number of rotatable bonds is 4. The fourth-order valence-electron chi connectivity index (χ4n) is 5.19. The highest BCUT2D eigenvalue weighted by Crippen LogP contribution is 2.38. The van der Waals surface area contributed by atoms with Crippen LogP contribution in [-0.4, -0.2) is 57.1 Å². The van der Waals surface area contributed by atoms with Crippen molar-refractivity contribution in [3.63, 3.8) is 0 Å². The molecule has 3 aromatic rings. The van der Waals surface area contributed by atoms with Gasteiger partial charge in [0.1, 0.15) is 11.4 Å². The van der Waals surface area contributed by atoms with Crippen molar-refractivity contribution in [2.75, 3.05) is 5.32 Å². The molecular weight excluding hydrogens is 502 g/mol. The summed E-state index contributed by atoms with van der Waals surface area (Å²) in [6.45, 7) is 7.51. The van der Waals surface area contributed by atoms with E-state index in [1.165, 1.54) is 6.20 Å². The third-order valence-electron chi connectivity index (χ3n) is 6.74. The van der Waals surface area contributed by atoms with E-state index in [1.54, 1.807) is 30.3 Å². The number of nitrogens with zero attached hydrogens (tertiary/aromatic N) is 4. The Morgan fingerprint density at radius 3 is 2.33 bits per heavy atom. The SMILES string of the molecule is Cc1ccc(S(=O)(=O)n2ccc3c(NC4C[C@H]5CC[C@@H](C4)N5C(=O)OC(C)(C)C)nc(Cl)nc32)cc1. The van der Waals surface area contributed by atoms with Gasteiger partial charge in [-0.3, -0.25) is 0 Å². The van der Waals surface area contributed by atoms with Crippen molar-refractivity contribution in [1.82, 2.24) is 18.8 Å². The summed E-state index contributed by atoms with van der Waals surface area (Å²) in [7, 11) is -3.86. The number of ether oxygens (including phenoxy) is 1. The first-order valence-electron chi connectivity index (χ1n) is 12.1. The minimum atomic E-state index is -3.86. The van der Waals surface area contributed by atoms with Crippen LogP contribution in [0.1, 0.15) is 52.0 Å². The number of piperidine rings is 1. The summed E-state index contributed by atoms with van der Waals surface area (Å²) in [5.41, 5.74) is 0.642. The lowest BCUT2D eigenvalue weighted by Crippen LogP contribution is -2.51. The number of hydrogen-bond donors (Lipinski definition) is 1. The average Bonchev–Trinajstić information content (AvgIpc) is 3.32. The van der Waals surface area contributed by atoms with Gasteiger partial charge in [0.25, 0.3) is 10.0 Å². The van der Waals surface area contributed by atoms with Gasteiger partial charge in [0.2, 0.25) is 5.28 Å². The summed E-state index contributed by atoms with van der Waals surface area (Å²) in [4.78, 5) is 23.4. The van der Waals surface area contributed by atoms with Crippen LogP contribution in [0.2, 0.25) is 5.28 Å². The molecule has 4 heterocycles. The first-order chi connectivity index (χ1) is 16.9. The second-order valence-electron chi connectivity index (χ2n) is 10.6.